The number of aromatic nitrogens is 1. The molecule has 3 rings (SSSR count). The van der Waals surface area contributed by atoms with Gasteiger partial charge in [-0.25, -0.2) is 18.2 Å². The molecule has 1 aliphatic rings. The number of rotatable bonds is 4. The molecule has 1 unspecified atom stereocenters. The average Bonchev–Trinajstić information content (AvgIpc) is 2.63. The lowest BCUT2D eigenvalue weighted by atomic mass is 9.88. The number of hydrogen-bond donors (Lipinski definition) is 3. The fourth-order valence-corrected chi connectivity index (χ4v) is 2.99. The van der Waals surface area contributed by atoms with Crippen LogP contribution in [-0.4, -0.2) is 36.2 Å². The van der Waals surface area contributed by atoms with E-state index in [9.17, 15) is 18.0 Å². The molecule has 0 aliphatic carbocycles. The van der Waals surface area contributed by atoms with Gasteiger partial charge in [-0.3, -0.25) is 9.79 Å². The first-order chi connectivity index (χ1) is 12.8. The Morgan fingerprint density at radius 3 is 2.74 bits per heavy atom. The molecule has 0 radical (unpaired) electrons. The molecule has 2 aromatic rings. The molecule has 1 aromatic heterocycles. The van der Waals surface area contributed by atoms with Crippen LogP contribution in [0.5, 0.6) is 0 Å². The van der Waals surface area contributed by atoms with Crippen LogP contribution in [-0.2, 0) is 5.54 Å². The van der Waals surface area contributed by atoms with Crippen molar-refractivity contribution in [2.45, 2.75) is 12.0 Å². The van der Waals surface area contributed by atoms with E-state index in [-0.39, 0.29) is 35.9 Å². The number of benzene rings is 1. The van der Waals surface area contributed by atoms with Crippen LogP contribution in [0.2, 0.25) is 0 Å². The average molecular weight is 442 g/mol. The minimum absolute atomic E-state index is 0.0468. The summed E-state index contributed by atoms with van der Waals surface area (Å²) in [5.74, 6) is -1.47. The first-order valence-corrected chi connectivity index (χ1v) is 8.67. The first kappa shape index (κ1) is 19.3. The zero-order valence-corrected chi connectivity index (χ0v) is 15.4. The van der Waals surface area contributed by atoms with Gasteiger partial charge in [0.2, 0.25) is 0 Å². The molecule has 0 saturated carbocycles. The van der Waals surface area contributed by atoms with Crippen LogP contribution < -0.4 is 16.4 Å². The standard InChI is InChI=1S/C17H15BrF3N5O/c18-9-1-4-13(24-6-9)15(27)25-10-2-3-12(19)11(5-10)17(16(20)21)8-23-7-14(22)26-17/h1-6,16,23H,7-8H2,(H2,22,26)(H,25,27). The van der Waals surface area contributed by atoms with Gasteiger partial charge in [0.15, 0.2) is 5.54 Å². The number of pyridine rings is 1. The van der Waals surface area contributed by atoms with Gasteiger partial charge >= 0.3 is 0 Å². The molecule has 27 heavy (non-hydrogen) atoms. The summed E-state index contributed by atoms with van der Waals surface area (Å²) in [7, 11) is 0. The van der Waals surface area contributed by atoms with Crippen LogP contribution in [0.15, 0.2) is 46.0 Å². The Morgan fingerprint density at radius 2 is 2.11 bits per heavy atom. The van der Waals surface area contributed by atoms with Gasteiger partial charge in [0.1, 0.15) is 17.3 Å². The molecular formula is C17H15BrF3N5O. The van der Waals surface area contributed by atoms with Crippen molar-refractivity contribution in [1.29, 1.82) is 0 Å². The van der Waals surface area contributed by atoms with Crippen LogP contribution in [0.1, 0.15) is 16.1 Å². The zero-order valence-electron chi connectivity index (χ0n) is 13.8. The SMILES string of the molecule is NC1=NC(c2cc(NC(=O)c3ccc(Br)cn3)ccc2F)(C(F)F)CNC1. The van der Waals surface area contributed by atoms with Gasteiger partial charge in [-0.05, 0) is 46.3 Å². The van der Waals surface area contributed by atoms with Gasteiger partial charge in [-0.15, -0.1) is 0 Å². The molecule has 0 saturated heterocycles. The van der Waals surface area contributed by atoms with Crippen molar-refractivity contribution in [3.8, 4) is 0 Å². The second-order valence-corrected chi connectivity index (χ2v) is 6.86. The fraction of sp³-hybridized carbons (Fsp3) is 0.235. The summed E-state index contributed by atoms with van der Waals surface area (Å²) in [6, 6.07) is 6.54. The third-order valence-corrected chi connectivity index (χ3v) is 4.52. The predicted octanol–water partition coefficient (Wildman–Crippen LogP) is 2.66. The summed E-state index contributed by atoms with van der Waals surface area (Å²) < 4.78 is 42.8. The van der Waals surface area contributed by atoms with Gasteiger partial charge in [0, 0.05) is 28.5 Å². The second-order valence-electron chi connectivity index (χ2n) is 5.94. The van der Waals surface area contributed by atoms with Crippen LogP contribution >= 0.6 is 15.9 Å². The number of nitrogens with two attached hydrogens (primary N) is 1. The Morgan fingerprint density at radius 1 is 1.33 bits per heavy atom. The van der Waals surface area contributed by atoms with Crippen molar-refractivity contribution >= 4 is 33.4 Å². The van der Waals surface area contributed by atoms with Crippen LogP contribution in [0.4, 0.5) is 18.9 Å². The monoisotopic (exact) mass is 441 g/mol. The fourth-order valence-electron chi connectivity index (χ4n) is 2.76. The summed E-state index contributed by atoms with van der Waals surface area (Å²) in [5, 5.41) is 5.24. The Bertz CT molecular complexity index is 891. The maximum atomic E-state index is 14.4. The smallest absolute Gasteiger partial charge is 0.274 e. The molecule has 1 atom stereocenters. The summed E-state index contributed by atoms with van der Waals surface area (Å²) in [5.41, 5.74) is 3.34. The van der Waals surface area contributed by atoms with Crippen molar-refractivity contribution in [2.75, 3.05) is 18.4 Å². The Labute approximate surface area is 161 Å². The number of hydrogen-bond acceptors (Lipinski definition) is 5. The van der Waals surface area contributed by atoms with Crippen LogP contribution in [0.25, 0.3) is 0 Å². The summed E-state index contributed by atoms with van der Waals surface area (Å²) in [4.78, 5) is 20.1. The van der Waals surface area contributed by atoms with E-state index in [1.807, 2.05) is 0 Å². The first-order valence-electron chi connectivity index (χ1n) is 7.88. The molecule has 6 nitrogen and oxygen atoms in total. The highest BCUT2D eigenvalue weighted by atomic mass is 79.9. The Kier molecular flexibility index (Phi) is 5.47. The second kappa shape index (κ2) is 7.65. The van der Waals surface area contributed by atoms with E-state index in [2.05, 4.69) is 36.5 Å². The number of carbonyl (C=O) groups is 1. The summed E-state index contributed by atoms with van der Waals surface area (Å²) >= 11 is 3.21. The van der Waals surface area contributed by atoms with Crippen molar-refractivity contribution in [1.82, 2.24) is 10.3 Å². The Hall–Kier alpha value is -2.46. The van der Waals surface area contributed by atoms with Gasteiger partial charge < -0.3 is 16.4 Å². The summed E-state index contributed by atoms with van der Waals surface area (Å²) in [6.45, 7) is -0.143. The maximum absolute atomic E-state index is 14.4. The minimum atomic E-state index is -3.00. The largest absolute Gasteiger partial charge is 0.386 e. The van der Waals surface area contributed by atoms with E-state index in [1.165, 1.54) is 18.3 Å². The van der Waals surface area contributed by atoms with Crippen LogP contribution in [0.3, 0.4) is 0 Å². The van der Waals surface area contributed by atoms with Crippen LogP contribution in [0, 0.1) is 5.82 Å². The van der Waals surface area contributed by atoms with E-state index < -0.39 is 23.7 Å². The quantitative estimate of drug-likeness (QED) is 0.679. The van der Waals surface area contributed by atoms with E-state index in [4.69, 9.17) is 5.73 Å². The number of anilines is 1. The molecule has 142 valence electrons. The van der Waals surface area contributed by atoms with E-state index >= 15 is 0 Å². The number of nitrogens with one attached hydrogen (secondary N) is 2. The molecular weight excluding hydrogens is 427 g/mol. The minimum Gasteiger partial charge on any atom is -0.386 e. The third kappa shape index (κ3) is 3.96. The number of halogens is 4. The number of aliphatic imine (C=N–C) groups is 1. The highest BCUT2D eigenvalue weighted by Crippen LogP contribution is 2.36. The summed E-state index contributed by atoms with van der Waals surface area (Å²) in [6.07, 6.45) is -1.56. The highest BCUT2D eigenvalue weighted by Gasteiger charge is 2.45. The number of alkyl halides is 2. The van der Waals surface area contributed by atoms with Crippen molar-refractivity contribution in [3.63, 3.8) is 0 Å². The lowest BCUT2D eigenvalue weighted by Gasteiger charge is -2.34. The Balaban J connectivity index is 1.95. The maximum Gasteiger partial charge on any atom is 0.274 e. The molecule has 1 aliphatic heterocycles. The van der Waals surface area contributed by atoms with Gasteiger partial charge in [0.25, 0.3) is 12.3 Å². The molecule has 0 bridgehead atoms. The highest BCUT2D eigenvalue weighted by molar-refractivity contribution is 9.10. The molecule has 4 N–H and O–H groups in total. The number of amides is 1. The van der Waals surface area contributed by atoms with Gasteiger partial charge in [0.05, 0.1) is 6.54 Å². The number of amidine groups is 1. The van der Waals surface area contributed by atoms with Gasteiger partial charge in [-0.1, -0.05) is 0 Å². The van der Waals surface area contributed by atoms with Crippen molar-refractivity contribution in [2.24, 2.45) is 10.7 Å². The van der Waals surface area contributed by atoms with Crippen molar-refractivity contribution < 1.29 is 18.0 Å². The number of nitrogens with zero attached hydrogens (tertiary/aromatic N) is 2. The normalized spacial score (nSPS) is 19.7. The lowest BCUT2D eigenvalue weighted by molar-refractivity contribution is 0.0491. The molecule has 1 amide bonds. The zero-order chi connectivity index (χ0) is 19.6. The molecule has 2 heterocycles. The van der Waals surface area contributed by atoms with E-state index in [1.54, 1.807) is 6.07 Å². The third-order valence-electron chi connectivity index (χ3n) is 4.06. The van der Waals surface area contributed by atoms with E-state index in [0.717, 1.165) is 12.1 Å². The molecule has 0 fully saturated rings. The van der Waals surface area contributed by atoms with Crippen molar-refractivity contribution in [3.05, 3.63) is 58.1 Å². The van der Waals surface area contributed by atoms with E-state index in [0.29, 0.717) is 4.47 Å². The molecule has 0 spiro atoms. The molecule has 10 heteroatoms. The van der Waals surface area contributed by atoms with Gasteiger partial charge in [-0.2, -0.15) is 0 Å². The lowest BCUT2D eigenvalue weighted by Crippen LogP contribution is -2.51. The molecule has 1 aromatic carbocycles. The number of carbonyl (C=O) groups excluding carboxylic acids is 1. The predicted molar refractivity (Wildman–Crippen MR) is 98.5 cm³/mol. The topological polar surface area (TPSA) is 92.4 Å².